The molecule has 0 spiro atoms. The number of hydrogen-bond acceptors (Lipinski definition) is 4. The summed E-state index contributed by atoms with van der Waals surface area (Å²) < 4.78 is 10.7. The molecular formula is C13H13ClN2O3. The third-order valence-electron chi connectivity index (χ3n) is 2.51. The van der Waals surface area contributed by atoms with E-state index in [1.165, 1.54) is 6.26 Å². The van der Waals surface area contributed by atoms with Gasteiger partial charge in [0.1, 0.15) is 18.6 Å². The molecule has 1 amide bonds. The van der Waals surface area contributed by atoms with Crippen LogP contribution in [-0.4, -0.2) is 5.91 Å². The fourth-order valence-electron chi connectivity index (χ4n) is 1.54. The van der Waals surface area contributed by atoms with E-state index in [1.807, 2.05) is 23.6 Å². The summed E-state index contributed by atoms with van der Waals surface area (Å²) in [5.74, 6) is 5.16. The minimum atomic E-state index is -0.402. The van der Waals surface area contributed by atoms with Crippen LogP contribution in [0.2, 0.25) is 5.02 Å². The number of hydrazine groups is 1. The number of nitrogens with one attached hydrogen (secondary N) is 1. The van der Waals surface area contributed by atoms with Crippen molar-refractivity contribution in [3.05, 3.63) is 58.5 Å². The van der Waals surface area contributed by atoms with Gasteiger partial charge in [-0.3, -0.25) is 10.2 Å². The number of carbonyl (C=O) groups excluding carboxylic acids is 1. The molecule has 0 aliphatic heterocycles. The number of ether oxygens (including phenoxy) is 1. The first-order chi connectivity index (χ1) is 9.20. The Balaban J connectivity index is 1.88. The number of nitrogens with two attached hydrogens (primary N) is 1. The van der Waals surface area contributed by atoms with Gasteiger partial charge in [0, 0.05) is 5.02 Å². The molecule has 0 saturated heterocycles. The second-order valence-electron chi connectivity index (χ2n) is 3.86. The van der Waals surface area contributed by atoms with Crippen LogP contribution in [0.4, 0.5) is 0 Å². The summed E-state index contributed by atoms with van der Waals surface area (Å²) in [6.07, 6.45) is 1.33. The van der Waals surface area contributed by atoms with Crippen molar-refractivity contribution in [2.24, 2.45) is 5.84 Å². The zero-order valence-corrected chi connectivity index (χ0v) is 10.8. The van der Waals surface area contributed by atoms with Crippen LogP contribution in [0.1, 0.15) is 21.7 Å². The molecule has 3 N–H and O–H groups in total. The lowest BCUT2D eigenvalue weighted by molar-refractivity contribution is 0.0930. The molecule has 19 heavy (non-hydrogen) atoms. The smallest absolute Gasteiger partial charge is 0.268 e. The van der Waals surface area contributed by atoms with Gasteiger partial charge in [-0.2, -0.15) is 0 Å². The maximum absolute atomic E-state index is 11.2. The molecule has 0 aliphatic carbocycles. The third kappa shape index (κ3) is 3.57. The third-order valence-corrected chi connectivity index (χ3v) is 2.88. The van der Waals surface area contributed by atoms with Crippen LogP contribution in [0, 0.1) is 0 Å². The van der Waals surface area contributed by atoms with Crippen LogP contribution in [0.15, 0.2) is 41.0 Å². The van der Waals surface area contributed by atoms with Crippen LogP contribution in [0.3, 0.4) is 0 Å². The molecule has 1 aromatic heterocycles. The first kappa shape index (κ1) is 13.6. The van der Waals surface area contributed by atoms with Crippen LogP contribution < -0.4 is 11.3 Å². The standard InChI is InChI=1S/C13H13ClN2O3/c14-12-4-2-1-3-9(12)6-18-8-11-5-10(7-19-11)13(17)16-15/h1-5,7H,6,8,15H2,(H,16,17). The van der Waals surface area contributed by atoms with E-state index in [2.05, 4.69) is 0 Å². The predicted molar refractivity (Wildman–Crippen MR) is 70.3 cm³/mol. The minimum absolute atomic E-state index is 0.253. The SMILES string of the molecule is NNC(=O)c1coc(COCc2ccccc2Cl)c1. The number of rotatable bonds is 5. The molecule has 6 heteroatoms. The van der Waals surface area contributed by atoms with Gasteiger partial charge in [-0.25, -0.2) is 5.84 Å². The van der Waals surface area contributed by atoms with Gasteiger partial charge >= 0.3 is 0 Å². The monoisotopic (exact) mass is 280 g/mol. The second kappa shape index (κ2) is 6.38. The fraction of sp³-hybridized carbons (Fsp3) is 0.154. The molecule has 2 rings (SSSR count). The Labute approximate surface area is 115 Å². The lowest BCUT2D eigenvalue weighted by Gasteiger charge is -2.04. The first-order valence-electron chi connectivity index (χ1n) is 5.60. The Morgan fingerprint density at radius 3 is 2.89 bits per heavy atom. The molecule has 1 heterocycles. The van der Waals surface area contributed by atoms with Crippen molar-refractivity contribution < 1.29 is 13.9 Å². The van der Waals surface area contributed by atoms with Crippen LogP contribution in [-0.2, 0) is 18.0 Å². The van der Waals surface area contributed by atoms with Gasteiger partial charge in [-0.05, 0) is 17.7 Å². The molecular weight excluding hydrogens is 268 g/mol. The molecule has 1 aromatic carbocycles. The first-order valence-corrected chi connectivity index (χ1v) is 5.98. The average molecular weight is 281 g/mol. The van der Waals surface area contributed by atoms with Crippen LogP contribution >= 0.6 is 11.6 Å². The van der Waals surface area contributed by atoms with E-state index in [4.69, 9.17) is 26.6 Å². The summed E-state index contributed by atoms with van der Waals surface area (Å²) in [7, 11) is 0. The van der Waals surface area contributed by atoms with Gasteiger partial charge in [-0.1, -0.05) is 29.8 Å². The Kier molecular flexibility index (Phi) is 4.57. The molecule has 2 aromatic rings. The van der Waals surface area contributed by atoms with Crippen molar-refractivity contribution in [1.29, 1.82) is 0 Å². The van der Waals surface area contributed by atoms with Crippen LogP contribution in [0.5, 0.6) is 0 Å². The van der Waals surface area contributed by atoms with Crippen LogP contribution in [0.25, 0.3) is 0 Å². The molecule has 5 nitrogen and oxygen atoms in total. The highest BCUT2D eigenvalue weighted by Crippen LogP contribution is 2.17. The van der Waals surface area contributed by atoms with E-state index in [9.17, 15) is 4.79 Å². The zero-order chi connectivity index (χ0) is 13.7. The molecule has 0 aliphatic rings. The summed E-state index contributed by atoms with van der Waals surface area (Å²) in [5, 5.41) is 0.658. The molecule has 0 radical (unpaired) electrons. The number of carbonyl (C=O) groups is 1. The van der Waals surface area contributed by atoms with Gasteiger partial charge < -0.3 is 9.15 Å². The van der Waals surface area contributed by atoms with E-state index in [1.54, 1.807) is 12.1 Å². The largest absolute Gasteiger partial charge is 0.466 e. The molecule has 0 atom stereocenters. The maximum atomic E-state index is 11.2. The Hall–Kier alpha value is -1.82. The summed E-state index contributed by atoms with van der Waals surface area (Å²) in [5.41, 5.74) is 3.29. The highest BCUT2D eigenvalue weighted by atomic mass is 35.5. The van der Waals surface area contributed by atoms with Crippen molar-refractivity contribution >= 4 is 17.5 Å². The summed E-state index contributed by atoms with van der Waals surface area (Å²) in [4.78, 5) is 11.2. The molecule has 0 bridgehead atoms. The van der Waals surface area contributed by atoms with E-state index in [0.29, 0.717) is 23.0 Å². The van der Waals surface area contributed by atoms with Gasteiger partial charge in [0.05, 0.1) is 12.2 Å². The topological polar surface area (TPSA) is 77.5 Å². The zero-order valence-electron chi connectivity index (χ0n) is 10.1. The minimum Gasteiger partial charge on any atom is -0.466 e. The molecule has 0 unspecified atom stereocenters. The highest BCUT2D eigenvalue weighted by Gasteiger charge is 2.08. The number of hydrogen-bond donors (Lipinski definition) is 2. The number of nitrogen functional groups attached to an aromatic ring is 1. The van der Waals surface area contributed by atoms with Crippen molar-refractivity contribution in [1.82, 2.24) is 5.43 Å². The Morgan fingerprint density at radius 1 is 1.37 bits per heavy atom. The van der Waals surface area contributed by atoms with Crippen molar-refractivity contribution in [2.45, 2.75) is 13.2 Å². The number of benzene rings is 1. The van der Waals surface area contributed by atoms with E-state index < -0.39 is 5.91 Å². The number of halogens is 1. The van der Waals surface area contributed by atoms with E-state index >= 15 is 0 Å². The van der Waals surface area contributed by atoms with Gasteiger partial charge in [0.25, 0.3) is 5.91 Å². The highest BCUT2D eigenvalue weighted by molar-refractivity contribution is 6.31. The average Bonchev–Trinajstić information content (AvgIpc) is 2.89. The normalized spacial score (nSPS) is 10.4. The molecule has 100 valence electrons. The lowest BCUT2D eigenvalue weighted by atomic mass is 10.2. The number of furan rings is 1. The Bertz CT molecular complexity index is 569. The van der Waals surface area contributed by atoms with E-state index in [0.717, 1.165) is 5.56 Å². The van der Waals surface area contributed by atoms with E-state index in [-0.39, 0.29) is 6.61 Å². The quantitative estimate of drug-likeness (QED) is 0.500. The van der Waals surface area contributed by atoms with Crippen molar-refractivity contribution in [3.8, 4) is 0 Å². The summed E-state index contributed by atoms with van der Waals surface area (Å²) in [6.45, 7) is 0.627. The summed E-state index contributed by atoms with van der Waals surface area (Å²) >= 11 is 6.00. The lowest BCUT2D eigenvalue weighted by Crippen LogP contribution is -2.29. The maximum Gasteiger partial charge on any atom is 0.268 e. The number of amides is 1. The van der Waals surface area contributed by atoms with Crippen molar-refractivity contribution in [2.75, 3.05) is 0 Å². The molecule has 0 saturated carbocycles. The molecule has 0 fully saturated rings. The van der Waals surface area contributed by atoms with Gasteiger partial charge in [-0.15, -0.1) is 0 Å². The second-order valence-corrected chi connectivity index (χ2v) is 4.27. The van der Waals surface area contributed by atoms with Gasteiger partial charge in [0.2, 0.25) is 0 Å². The fourth-order valence-corrected chi connectivity index (χ4v) is 1.73. The van der Waals surface area contributed by atoms with Gasteiger partial charge in [0.15, 0.2) is 0 Å². The Morgan fingerprint density at radius 2 is 2.16 bits per heavy atom. The predicted octanol–water partition coefficient (Wildman–Crippen LogP) is 2.25. The summed E-state index contributed by atoms with van der Waals surface area (Å²) in [6, 6.07) is 9.01. The van der Waals surface area contributed by atoms with Crippen molar-refractivity contribution in [3.63, 3.8) is 0 Å².